The van der Waals surface area contributed by atoms with Crippen molar-refractivity contribution in [2.75, 3.05) is 20.1 Å². The molecule has 5 nitrogen and oxygen atoms in total. The largest absolute Gasteiger partial charge is 0.388 e. The molecule has 0 aliphatic heterocycles. The number of nitrogens with one attached hydrogen (secondary N) is 1. The molecule has 1 heterocycles. The van der Waals surface area contributed by atoms with Crippen molar-refractivity contribution in [1.82, 2.24) is 10.2 Å². The normalized spacial score (nSPS) is 16.5. The van der Waals surface area contributed by atoms with Gasteiger partial charge < -0.3 is 15.3 Å². The van der Waals surface area contributed by atoms with E-state index in [1.165, 1.54) is 11.3 Å². The lowest BCUT2D eigenvalue weighted by atomic mass is 10.0. The van der Waals surface area contributed by atoms with E-state index < -0.39 is 5.60 Å². The van der Waals surface area contributed by atoms with Gasteiger partial charge in [0, 0.05) is 37.5 Å². The molecule has 0 unspecified atom stereocenters. The molecule has 2 N–H and O–H groups in total. The smallest absolute Gasteiger partial charge is 0.252 e. The average Bonchev–Trinajstić information content (AvgIpc) is 3.14. The molecule has 22 heavy (non-hydrogen) atoms. The molecule has 1 saturated carbocycles. The fourth-order valence-electron chi connectivity index (χ4n) is 2.85. The Labute approximate surface area is 135 Å². The highest BCUT2D eigenvalue weighted by Gasteiger charge is 2.33. The molecule has 1 aliphatic carbocycles. The van der Waals surface area contributed by atoms with Gasteiger partial charge in [-0.2, -0.15) is 11.3 Å². The van der Waals surface area contributed by atoms with Crippen LogP contribution in [0.2, 0.25) is 0 Å². The molecule has 1 aliphatic rings. The molecule has 0 aromatic carbocycles. The van der Waals surface area contributed by atoms with Crippen LogP contribution in [0.15, 0.2) is 16.8 Å². The van der Waals surface area contributed by atoms with E-state index in [1.807, 2.05) is 5.38 Å². The predicted octanol–water partition coefficient (Wildman–Crippen LogP) is 2.02. The molecule has 1 fully saturated rings. The lowest BCUT2D eigenvalue weighted by Crippen LogP contribution is -2.42. The number of hydrogen-bond acceptors (Lipinski definition) is 4. The zero-order valence-electron chi connectivity index (χ0n) is 13.0. The topological polar surface area (TPSA) is 69.6 Å². The molecule has 0 bridgehead atoms. The Morgan fingerprint density at radius 2 is 2.14 bits per heavy atom. The van der Waals surface area contributed by atoms with Gasteiger partial charge in [-0.15, -0.1) is 0 Å². The predicted molar refractivity (Wildman–Crippen MR) is 86.9 cm³/mol. The molecule has 0 atom stereocenters. The monoisotopic (exact) mass is 324 g/mol. The van der Waals surface area contributed by atoms with Gasteiger partial charge in [0.05, 0.1) is 5.60 Å². The molecule has 0 radical (unpaired) electrons. The van der Waals surface area contributed by atoms with Crippen molar-refractivity contribution in [2.45, 2.75) is 44.1 Å². The highest BCUT2D eigenvalue weighted by Crippen LogP contribution is 2.30. The molecule has 1 aromatic rings. The summed E-state index contributed by atoms with van der Waals surface area (Å²) in [6.07, 6.45) is 4.62. The molecule has 6 heteroatoms. The third-order valence-corrected chi connectivity index (χ3v) is 4.81. The van der Waals surface area contributed by atoms with Crippen LogP contribution in [0.1, 0.15) is 48.9 Å². The van der Waals surface area contributed by atoms with Gasteiger partial charge in [-0.25, -0.2) is 0 Å². The van der Waals surface area contributed by atoms with Gasteiger partial charge in [0.15, 0.2) is 0 Å². The quantitative estimate of drug-likeness (QED) is 0.754. The van der Waals surface area contributed by atoms with Gasteiger partial charge in [-0.3, -0.25) is 9.59 Å². The molecule has 0 saturated heterocycles. The minimum absolute atomic E-state index is 0.0186. The molecular formula is C16H24N2O3S. The van der Waals surface area contributed by atoms with Crippen molar-refractivity contribution in [3.63, 3.8) is 0 Å². The van der Waals surface area contributed by atoms with Crippen molar-refractivity contribution in [3.05, 3.63) is 22.4 Å². The van der Waals surface area contributed by atoms with Gasteiger partial charge in [0.1, 0.15) is 0 Å². The van der Waals surface area contributed by atoms with Crippen LogP contribution in [0.3, 0.4) is 0 Å². The molecule has 2 amide bonds. The first kappa shape index (κ1) is 17.0. The van der Waals surface area contributed by atoms with Crippen LogP contribution in [0.25, 0.3) is 0 Å². The zero-order valence-corrected chi connectivity index (χ0v) is 13.8. The third-order valence-electron chi connectivity index (χ3n) is 4.13. The first-order valence-electron chi connectivity index (χ1n) is 7.77. The summed E-state index contributed by atoms with van der Waals surface area (Å²) >= 11 is 1.49. The maximum Gasteiger partial charge on any atom is 0.252 e. The SMILES string of the molecule is CN(CC1(O)CCCC1)C(=O)CCCNC(=O)c1ccsc1. The van der Waals surface area contributed by atoms with Crippen molar-refractivity contribution in [1.29, 1.82) is 0 Å². The Morgan fingerprint density at radius 1 is 1.41 bits per heavy atom. The second-order valence-corrected chi connectivity index (χ2v) is 6.83. The van der Waals surface area contributed by atoms with E-state index in [2.05, 4.69) is 5.32 Å². The number of likely N-dealkylation sites (N-methyl/N-ethyl adjacent to an activating group) is 1. The second kappa shape index (κ2) is 7.74. The Hall–Kier alpha value is -1.40. The first-order chi connectivity index (χ1) is 10.5. The van der Waals surface area contributed by atoms with Crippen molar-refractivity contribution >= 4 is 23.2 Å². The molecule has 1 aromatic heterocycles. The highest BCUT2D eigenvalue weighted by molar-refractivity contribution is 7.08. The fourth-order valence-corrected chi connectivity index (χ4v) is 3.48. The minimum atomic E-state index is -0.697. The minimum Gasteiger partial charge on any atom is -0.388 e. The Kier molecular flexibility index (Phi) is 5.97. The summed E-state index contributed by atoms with van der Waals surface area (Å²) in [5, 5.41) is 16.8. The second-order valence-electron chi connectivity index (χ2n) is 6.05. The summed E-state index contributed by atoms with van der Waals surface area (Å²) < 4.78 is 0. The average molecular weight is 324 g/mol. The first-order valence-corrected chi connectivity index (χ1v) is 8.71. The van der Waals surface area contributed by atoms with Crippen LogP contribution >= 0.6 is 11.3 Å². The third kappa shape index (κ3) is 4.81. The van der Waals surface area contributed by atoms with Gasteiger partial charge in [-0.1, -0.05) is 12.8 Å². The van der Waals surface area contributed by atoms with Crippen LogP contribution in [-0.4, -0.2) is 47.6 Å². The van der Waals surface area contributed by atoms with Gasteiger partial charge in [0.25, 0.3) is 5.91 Å². The van der Waals surface area contributed by atoms with Gasteiger partial charge >= 0.3 is 0 Å². The lowest BCUT2D eigenvalue weighted by Gasteiger charge is -2.28. The molecule has 0 spiro atoms. The van der Waals surface area contributed by atoms with Crippen LogP contribution in [-0.2, 0) is 4.79 Å². The number of aliphatic hydroxyl groups is 1. The zero-order chi connectivity index (χ0) is 16.0. The maximum absolute atomic E-state index is 12.1. The van der Waals surface area contributed by atoms with E-state index in [4.69, 9.17) is 0 Å². The fraction of sp³-hybridized carbons (Fsp3) is 0.625. The number of hydrogen-bond donors (Lipinski definition) is 2. The molecule has 122 valence electrons. The molecule has 2 rings (SSSR count). The van der Waals surface area contributed by atoms with Crippen LogP contribution in [0.4, 0.5) is 0 Å². The van der Waals surface area contributed by atoms with Crippen molar-refractivity contribution in [2.24, 2.45) is 0 Å². The number of thiophene rings is 1. The standard InChI is InChI=1S/C16H24N2O3S/c1-18(12-16(21)7-2-3-8-16)14(19)5-4-9-17-15(20)13-6-10-22-11-13/h6,10-11,21H,2-5,7-9,12H2,1H3,(H,17,20). The van der Waals surface area contributed by atoms with E-state index in [0.29, 0.717) is 31.5 Å². The van der Waals surface area contributed by atoms with E-state index in [1.54, 1.807) is 23.4 Å². The van der Waals surface area contributed by atoms with E-state index in [-0.39, 0.29) is 11.8 Å². The van der Waals surface area contributed by atoms with Crippen molar-refractivity contribution < 1.29 is 14.7 Å². The highest BCUT2D eigenvalue weighted by atomic mass is 32.1. The summed E-state index contributed by atoms with van der Waals surface area (Å²) in [4.78, 5) is 25.4. The Morgan fingerprint density at radius 3 is 2.77 bits per heavy atom. The van der Waals surface area contributed by atoms with Crippen LogP contribution < -0.4 is 5.32 Å². The lowest BCUT2D eigenvalue weighted by molar-refractivity contribution is -0.133. The van der Waals surface area contributed by atoms with Gasteiger partial charge in [-0.05, 0) is 30.7 Å². The number of nitrogens with zero attached hydrogens (tertiary/aromatic N) is 1. The summed E-state index contributed by atoms with van der Waals surface area (Å²) in [6, 6.07) is 1.78. The van der Waals surface area contributed by atoms with E-state index >= 15 is 0 Å². The summed E-state index contributed by atoms with van der Waals surface area (Å²) in [6.45, 7) is 0.894. The van der Waals surface area contributed by atoms with Gasteiger partial charge in [0.2, 0.25) is 5.91 Å². The number of rotatable bonds is 7. The maximum atomic E-state index is 12.1. The van der Waals surface area contributed by atoms with Crippen LogP contribution in [0.5, 0.6) is 0 Å². The van der Waals surface area contributed by atoms with E-state index in [0.717, 1.165) is 25.7 Å². The van der Waals surface area contributed by atoms with Crippen molar-refractivity contribution in [3.8, 4) is 0 Å². The van der Waals surface area contributed by atoms with Crippen LogP contribution in [0, 0.1) is 0 Å². The summed E-state index contributed by atoms with van der Waals surface area (Å²) in [5.41, 5.74) is -0.0331. The Balaban J connectivity index is 1.63. The summed E-state index contributed by atoms with van der Waals surface area (Å²) in [5.74, 6) is -0.0765. The summed E-state index contributed by atoms with van der Waals surface area (Å²) in [7, 11) is 1.74. The number of carbonyl (C=O) groups is 2. The number of amides is 2. The molecular weight excluding hydrogens is 300 g/mol. The van der Waals surface area contributed by atoms with E-state index in [9.17, 15) is 14.7 Å². The Bertz CT molecular complexity index is 495. The number of carbonyl (C=O) groups excluding carboxylic acids is 2.